The fourth-order valence-corrected chi connectivity index (χ4v) is 3.91. The van der Waals surface area contributed by atoms with Gasteiger partial charge in [-0.25, -0.2) is 0 Å². The van der Waals surface area contributed by atoms with Crippen molar-refractivity contribution in [2.75, 3.05) is 6.61 Å². The number of unbranched alkanes of at least 4 members (excludes halogenated alkanes) is 13. The van der Waals surface area contributed by atoms with E-state index in [0.29, 0.717) is 6.61 Å². The van der Waals surface area contributed by atoms with Crippen molar-refractivity contribution in [1.29, 1.82) is 0 Å². The van der Waals surface area contributed by atoms with Crippen LogP contribution in [0.2, 0.25) is 0 Å². The molecule has 1 atom stereocenters. The highest BCUT2D eigenvalue weighted by Crippen LogP contribution is 2.19. The van der Waals surface area contributed by atoms with Gasteiger partial charge in [-0.1, -0.05) is 122 Å². The summed E-state index contributed by atoms with van der Waals surface area (Å²) >= 11 is 0. The van der Waals surface area contributed by atoms with Gasteiger partial charge in [-0.2, -0.15) is 0 Å². The fraction of sp³-hybridized carbons (Fsp3) is 0.793. The Morgan fingerprint density at radius 1 is 0.733 bits per heavy atom. The van der Waals surface area contributed by atoms with Crippen LogP contribution in [-0.2, 0) is 4.74 Å². The van der Waals surface area contributed by atoms with E-state index in [1.807, 2.05) is 6.08 Å². The quantitative estimate of drug-likeness (QED) is 0.0860. The smallest absolute Gasteiger partial charge is 0.106 e. The lowest BCUT2D eigenvalue weighted by Gasteiger charge is -2.11. The average molecular weight is 419 g/mol. The summed E-state index contributed by atoms with van der Waals surface area (Å²) in [6.45, 7) is 13.3. The van der Waals surface area contributed by atoms with Gasteiger partial charge in [0.2, 0.25) is 0 Å². The zero-order valence-corrected chi connectivity index (χ0v) is 20.8. The summed E-state index contributed by atoms with van der Waals surface area (Å²) < 4.78 is 5.72. The van der Waals surface area contributed by atoms with Gasteiger partial charge in [-0.05, 0) is 38.0 Å². The Labute approximate surface area is 190 Å². The van der Waals surface area contributed by atoms with Crippen LogP contribution in [0.15, 0.2) is 37.1 Å². The third kappa shape index (κ3) is 23.3. The average Bonchev–Trinajstić information content (AvgIpc) is 2.74. The Morgan fingerprint density at radius 3 is 1.97 bits per heavy atom. The van der Waals surface area contributed by atoms with E-state index in [1.165, 1.54) is 116 Å². The van der Waals surface area contributed by atoms with Crippen molar-refractivity contribution in [1.82, 2.24) is 0 Å². The van der Waals surface area contributed by atoms with Gasteiger partial charge in [-0.3, -0.25) is 0 Å². The van der Waals surface area contributed by atoms with E-state index in [9.17, 15) is 0 Å². The Bertz CT molecular complexity index is 395. The first kappa shape index (κ1) is 29.0. The summed E-state index contributed by atoms with van der Waals surface area (Å²) in [7, 11) is 0. The standard InChI is InChI=1S/C29H54O/c1-5-7-9-11-13-16-20-24-28(3)25-21-17-15-18-22-26-29(4)30-27-23-19-14-12-10-8-6-2/h5,19,23,28H,1,4,6-18,20-22,24-27H2,2-3H3/b23-19-. The minimum absolute atomic E-state index is 0.694. The molecule has 0 rings (SSSR count). The van der Waals surface area contributed by atoms with E-state index in [4.69, 9.17) is 4.74 Å². The van der Waals surface area contributed by atoms with Crippen LogP contribution < -0.4 is 0 Å². The second kappa shape index (κ2) is 24.3. The maximum atomic E-state index is 5.72. The molecule has 0 bridgehead atoms. The molecule has 0 saturated heterocycles. The molecule has 0 fully saturated rings. The Balaban J connectivity index is 3.32. The predicted octanol–water partition coefficient (Wildman–Crippen LogP) is 10.3. The van der Waals surface area contributed by atoms with Gasteiger partial charge >= 0.3 is 0 Å². The highest BCUT2D eigenvalue weighted by molar-refractivity contribution is 4.87. The third-order valence-corrected chi connectivity index (χ3v) is 6.03. The van der Waals surface area contributed by atoms with Crippen molar-refractivity contribution in [2.45, 2.75) is 136 Å². The predicted molar refractivity (Wildman–Crippen MR) is 137 cm³/mol. The van der Waals surface area contributed by atoms with Gasteiger partial charge in [0, 0.05) is 6.42 Å². The highest BCUT2D eigenvalue weighted by atomic mass is 16.5. The largest absolute Gasteiger partial charge is 0.495 e. The Hall–Kier alpha value is -0.980. The van der Waals surface area contributed by atoms with E-state index in [2.05, 4.69) is 39.2 Å². The number of ether oxygens (including phenoxy) is 1. The van der Waals surface area contributed by atoms with Crippen LogP contribution in [0.3, 0.4) is 0 Å². The summed E-state index contributed by atoms with van der Waals surface area (Å²) in [5, 5.41) is 0. The first-order valence-corrected chi connectivity index (χ1v) is 13.3. The summed E-state index contributed by atoms with van der Waals surface area (Å²) in [5.74, 6) is 1.87. The fourth-order valence-electron chi connectivity index (χ4n) is 3.91. The molecule has 1 heteroatoms. The minimum atomic E-state index is 0.694. The van der Waals surface area contributed by atoms with Crippen molar-refractivity contribution in [2.24, 2.45) is 5.92 Å². The molecule has 0 amide bonds. The van der Waals surface area contributed by atoms with E-state index >= 15 is 0 Å². The molecular formula is C29H54O. The number of hydrogen-bond donors (Lipinski definition) is 0. The zero-order chi connectivity index (χ0) is 22.1. The molecule has 0 aliphatic heterocycles. The number of hydrogen-bond acceptors (Lipinski definition) is 1. The highest BCUT2D eigenvalue weighted by Gasteiger charge is 2.02. The Morgan fingerprint density at radius 2 is 1.30 bits per heavy atom. The molecule has 1 nitrogen and oxygen atoms in total. The molecule has 30 heavy (non-hydrogen) atoms. The molecule has 0 aromatic rings. The molecule has 0 spiro atoms. The third-order valence-electron chi connectivity index (χ3n) is 6.03. The van der Waals surface area contributed by atoms with Crippen LogP contribution in [-0.4, -0.2) is 6.61 Å². The number of allylic oxidation sites excluding steroid dienone is 3. The van der Waals surface area contributed by atoms with Crippen molar-refractivity contribution >= 4 is 0 Å². The molecule has 0 aliphatic carbocycles. The molecule has 0 aromatic carbocycles. The van der Waals surface area contributed by atoms with Crippen molar-refractivity contribution in [3.8, 4) is 0 Å². The number of rotatable bonds is 24. The van der Waals surface area contributed by atoms with Crippen molar-refractivity contribution < 1.29 is 4.74 Å². The topological polar surface area (TPSA) is 9.23 Å². The molecular weight excluding hydrogens is 364 g/mol. The summed E-state index contributed by atoms with van der Waals surface area (Å²) in [6, 6.07) is 0. The SMILES string of the molecule is C=CCCCCCCCC(C)CCCCCCCC(=C)OC/C=C\CCCCCC. The van der Waals surface area contributed by atoms with Gasteiger partial charge in [0.1, 0.15) is 6.61 Å². The van der Waals surface area contributed by atoms with Crippen LogP contribution in [0.5, 0.6) is 0 Å². The van der Waals surface area contributed by atoms with E-state index in [1.54, 1.807) is 0 Å². The molecule has 0 heterocycles. The molecule has 0 aromatic heterocycles. The summed E-state index contributed by atoms with van der Waals surface area (Å²) in [6.07, 6.45) is 31.7. The summed E-state index contributed by atoms with van der Waals surface area (Å²) in [4.78, 5) is 0. The van der Waals surface area contributed by atoms with Crippen LogP contribution in [0.4, 0.5) is 0 Å². The van der Waals surface area contributed by atoms with Crippen LogP contribution in [0.25, 0.3) is 0 Å². The zero-order valence-electron chi connectivity index (χ0n) is 20.8. The lowest BCUT2D eigenvalue weighted by atomic mass is 9.96. The summed E-state index contributed by atoms with van der Waals surface area (Å²) in [5.41, 5.74) is 0. The lowest BCUT2D eigenvalue weighted by Crippen LogP contribution is -1.95. The monoisotopic (exact) mass is 418 g/mol. The first-order valence-electron chi connectivity index (χ1n) is 13.3. The molecule has 0 N–H and O–H groups in total. The van der Waals surface area contributed by atoms with Gasteiger partial charge in [0.05, 0.1) is 5.76 Å². The second-order valence-electron chi connectivity index (χ2n) is 9.22. The van der Waals surface area contributed by atoms with Crippen LogP contribution >= 0.6 is 0 Å². The van der Waals surface area contributed by atoms with Crippen molar-refractivity contribution in [3.05, 3.63) is 37.1 Å². The maximum absolute atomic E-state index is 5.72. The van der Waals surface area contributed by atoms with Crippen molar-refractivity contribution in [3.63, 3.8) is 0 Å². The maximum Gasteiger partial charge on any atom is 0.106 e. The normalized spacial score (nSPS) is 12.3. The van der Waals surface area contributed by atoms with Gasteiger partial charge in [0.25, 0.3) is 0 Å². The minimum Gasteiger partial charge on any atom is -0.495 e. The van der Waals surface area contributed by atoms with Crippen LogP contribution in [0.1, 0.15) is 136 Å². The second-order valence-corrected chi connectivity index (χ2v) is 9.22. The molecule has 1 unspecified atom stereocenters. The molecule has 176 valence electrons. The van der Waals surface area contributed by atoms with Gasteiger partial charge in [-0.15, -0.1) is 6.58 Å². The molecule has 0 saturated carbocycles. The van der Waals surface area contributed by atoms with E-state index in [0.717, 1.165) is 18.1 Å². The molecule has 0 radical (unpaired) electrons. The first-order chi connectivity index (χ1) is 14.7. The lowest BCUT2D eigenvalue weighted by molar-refractivity contribution is 0.235. The Kier molecular flexibility index (Phi) is 23.5. The van der Waals surface area contributed by atoms with Crippen LogP contribution in [0, 0.1) is 5.92 Å². The van der Waals surface area contributed by atoms with Gasteiger partial charge in [0.15, 0.2) is 0 Å². The van der Waals surface area contributed by atoms with E-state index < -0.39 is 0 Å². The van der Waals surface area contributed by atoms with Gasteiger partial charge < -0.3 is 4.74 Å². The van der Waals surface area contributed by atoms with E-state index in [-0.39, 0.29) is 0 Å². The molecule has 0 aliphatic rings.